The Balaban J connectivity index is 0.000000204. The summed E-state index contributed by atoms with van der Waals surface area (Å²) in [6, 6.07) is 49.0. The molecule has 9 rings (SSSR count). The zero-order valence-corrected chi connectivity index (χ0v) is 27.2. The van der Waals surface area contributed by atoms with Crippen molar-refractivity contribution < 1.29 is 28.9 Å². The van der Waals surface area contributed by atoms with Crippen LogP contribution in [0.1, 0.15) is 5.56 Å². The summed E-state index contributed by atoms with van der Waals surface area (Å²) in [4.78, 5) is 8.84. The molecular weight excluding hydrogens is 745 g/mol. The maximum atomic E-state index is 6.36. The van der Waals surface area contributed by atoms with Gasteiger partial charge in [-0.25, -0.2) is 0 Å². The monoisotopic (exact) mass is 771 g/mol. The average molecular weight is 771 g/mol. The van der Waals surface area contributed by atoms with Gasteiger partial charge in [-0.2, -0.15) is 0 Å². The first-order chi connectivity index (χ1) is 22.2. The summed E-state index contributed by atoms with van der Waals surface area (Å²) < 4.78 is 12.5. The minimum Gasteiger partial charge on any atom is -0.452 e. The van der Waals surface area contributed by atoms with Crippen LogP contribution in [0.5, 0.6) is 0 Å². The zero-order chi connectivity index (χ0) is 30.2. The number of para-hydroxylation sites is 1. The van der Waals surface area contributed by atoms with Gasteiger partial charge >= 0.3 is 0 Å². The van der Waals surface area contributed by atoms with Crippen molar-refractivity contribution in [3.8, 4) is 33.6 Å². The van der Waals surface area contributed by atoms with E-state index in [2.05, 4.69) is 70.6 Å². The first-order valence-corrected chi connectivity index (χ1v) is 14.8. The first-order valence-electron chi connectivity index (χ1n) is 14.8. The van der Waals surface area contributed by atoms with Crippen LogP contribution in [0, 0.1) is 19.1 Å². The topological polar surface area (TPSA) is 52.1 Å². The fraction of sp³-hybridized carbons (Fsp3) is 0.0244. The second-order valence-electron chi connectivity index (χ2n) is 10.9. The number of aryl methyl sites for hydroxylation is 1. The van der Waals surface area contributed by atoms with Crippen molar-refractivity contribution in [2.24, 2.45) is 0 Å². The van der Waals surface area contributed by atoms with Crippen molar-refractivity contribution in [3.63, 3.8) is 0 Å². The summed E-state index contributed by atoms with van der Waals surface area (Å²) >= 11 is 0. The molecule has 5 aromatic carbocycles. The number of furan rings is 2. The Morgan fingerprint density at radius 1 is 0.522 bits per heavy atom. The van der Waals surface area contributed by atoms with Crippen molar-refractivity contribution in [3.05, 3.63) is 157 Å². The van der Waals surface area contributed by atoms with Gasteiger partial charge in [-0.3, -0.25) is 0 Å². The molecule has 4 nitrogen and oxygen atoms in total. The molecule has 5 heteroatoms. The van der Waals surface area contributed by atoms with Crippen LogP contribution < -0.4 is 0 Å². The SMILES string of the molecule is Cc1ccc(-c2[c-]cccc2)nc1.[Ir].[c-]1ccccc1-c1cc(-c2ccc3c(c2)oc2c3ccc3c4ccccc4oc32)ccn1. The molecule has 0 saturated heterocycles. The number of rotatable bonds is 3. The number of pyridine rings is 2. The molecule has 0 saturated carbocycles. The van der Waals surface area contributed by atoms with Crippen LogP contribution >= 0.6 is 0 Å². The van der Waals surface area contributed by atoms with E-state index in [9.17, 15) is 0 Å². The number of fused-ring (bicyclic) bond motifs is 7. The van der Waals surface area contributed by atoms with Crippen molar-refractivity contribution in [2.75, 3.05) is 0 Å². The molecule has 0 unspecified atom stereocenters. The normalized spacial score (nSPS) is 11.0. The molecule has 0 aliphatic heterocycles. The van der Waals surface area contributed by atoms with E-state index in [-0.39, 0.29) is 20.1 Å². The summed E-state index contributed by atoms with van der Waals surface area (Å²) in [5.74, 6) is 0. The number of benzene rings is 5. The summed E-state index contributed by atoms with van der Waals surface area (Å²) in [7, 11) is 0. The Morgan fingerprint density at radius 3 is 1.85 bits per heavy atom. The van der Waals surface area contributed by atoms with Crippen LogP contribution in [0.2, 0.25) is 0 Å². The standard InChI is InChI=1S/C29H16NO2.C12H10N.Ir/c1-2-6-18(7-3-1)25-16-20(14-15-30-25)19-10-11-22-24-13-12-23-21-8-4-5-9-26(21)31-28(23)29(24)32-27(22)17-19;1-10-7-8-12(13-9-10)11-5-3-2-4-6-11;/h1-6,8-17H;2-5,7-9H,1H3;/q2*-1;. The number of hydrogen-bond donors (Lipinski definition) is 0. The van der Waals surface area contributed by atoms with E-state index in [4.69, 9.17) is 8.83 Å². The largest absolute Gasteiger partial charge is 0.452 e. The van der Waals surface area contributed by atoms with Gasteiger partial charge in [0.1, 0.15) is 11.2 Å². The van der Waals surface area contributed by atoms with Gasteiger partial charge in [0.25, 0.3) is 0 Å². The van der Waals surface area contributed by atoms with E-state index in [1.807, 2.05) is 98.2 Å². The van der Waals surface area contributed by atoms with Crippen LogP contribution in [0.15, 0.2) is 149 Å². The van der Waals surface area contributed by atoms with Crippen LogP contribution in [-0.2, 0) is 20.1 Å². The molecule has 1 radical (unpaired) electrons. The maximum absolute atomic E-state index is 6.36. The molecule has 0 spiro atoms. The Morgan fingerprint density at radius 2 is 1.15 bits per heavy atom. The third-order valence-corrected chi connectivity index (χ3v) is 7.96. The Hall–Kier alpha value is -5.35. The van der Waals surface area contributed by atoms with E-state index >= 15 is 0 Å². The molecule has 4 aromatic heterocycles. The van der Waals surface area contributed by atoms with Gasteiger partial charge in [-0.05, 0) is 71.4 Å². The van der Waals surface area contributed by atoms with Crippen molar-refractivity contribution >= 4 is 43.9 Å². The predicted molar refractivity (Wildman–Crippen MR) is 182 cm³/mol. The average Bonchev–Trinajstić information content (AvgIpc) is 3.68. The van der Waals surface area contributed by atoms with Crippen molar-refractivity contribution in [1.29, 1.82) is 0 Å². The van der Waals surface area contributed by atoms with Gasteiger partial charge in [-0.15, -0.1) is 71.8 Å². The van der Waals surface area contributed by atoms with Gasteiger partial charge in [0.2, 0.25) is 0 Å². The van der Waals surface area contributed by atoms with Crippen molar-refractivity contribution in [2.45, 2.75) is 6.92 Å². The molecule has 4 heterocycles. The summed E-state index contributed by atoms with van der Waals surface area (Å²) in [5, 5.41) is 4.32. The molecule has 46 heavy (non-hydrogen) atoms. The Bertz CT molecular complexity index is 2430. The number of hydrogen-bond acceptors (Lipinski definition) is 4. The van der Waals surface area contributed by atoms with E-state index in [1.54, 1.807) is 0 Å². The number of aromatic nitrogens is 2. The molecule has 0 amide bonds. The summed E-state index contributed by atoms with van der Waals surface area (Å²) in [6.07, 6.45) is 3.71. The molecule has 0 atom stereocenters. The third-order valence-electron chi connectivity index (χ3n) is 7.96. The van der Waals surface area contributed by atoms with E-state index in [1.165, 1.54) is 5.56 Å². The molecule has 0 fully saturated rings. The Kier molecular flexibility index (Phi) is 8.02. The third kappa shape index (κ3) is 5.52. The molecule has 0 N–H and O–H groups in total. The fourth-order valence-corrected chi connectivity index (χ4v) is 5.69. The van der Waals surface area contributed by atoms with Crippen LogP contribution in [0.3, 0.4) is 0 Å². The molecule has 9 aromatic rings. The van der Waals surface area contributed by atoms with Gasteiger partial charge in [0.05, 0.1) is 0 Å². The number of nitrogens with zero attached hydrogens (tertiary/aromatic N) is 2. The molecule has 223 valence electrons. The summed E-state index contributed by atoms with van der Waals surface area (Å²) in [5.41, 5.74) is 10.6. The smallest absolute Gasteiger partial charge is 0.178 e. The van der Waals surface area contributed by atoms with Crippen molar-refractivity contribution in [1.82, 2.24) is 9.97 Å². The van der Waals surface area contributed by atoms with Gasteiger partial charge in [-0.1, -0.05) is 42.5 Å². The quantitative estimate of drug-likeness (QED) is 0.168. The van der Waals surface area contributed by atoms with E-state index in [0.29, 0.717) is 0 Å². The van der Waals surface area contributed by atoms with Gasteiger partial charge < -0.3 is 18.8 Å². The maximum Gasteiger partial charge on any atom is 0.178 e. The second kappa shape index (κ2) is 12.6. The van der Waals surface area contributed by atoms with Gasteiger partial charge in [0.15, 0.2) is 11.2 Å². The minimum absolute atomic E-state index is 0. The molecule has 0 bridgehead atoms. The minimum atomic E-state index is 0. The van der Waals surface area contributed by atoms with Crippen LogP contribution in [0.4, 0.5) is 0 Å². The summed E-state index contributed by atoms with van der Waals surface area (Å²) in [6.45, 7) is 2.03. The van der Waals surface area contributed by atoms with Crippen LogP contribution in [0.25, 0.3) is 77.5 Å². The van der Waals surface area contributed by atoms with Gasteiger partial charge in [0, 0.05) is 54.0 Å². The molecule has 0 aliphatic rings. The van der Waals surface area contributed by atoms with Crippen LogP contribution in [-0.4, -0.2) is 9.97 Å². The zero-order valence-electron chi connectivity index (χ0n) is 24.8. The second-order valence-corrected chi connectivity index (χ2v) is 10.9. The molecule has 0 aliphatic carbocycles. The molecular formula is C41H26IrN2O2-2. The predicted octanol–water partition coefficient (Wildman–Crippen LogP) is 10.9. The van der Waals surface area contributed by atoms with E-state index < -0.39 is 0 Å². The Labute approximate surface area is 279 Å². The first kappa shape index (κ1) is 29.4. The van der Waals surface area contributed by atoms with E-state index in [0.717, 1.165) is 77.5 Å². The fourth-order valence-electron chi connectivity index (χ4n) is 5.69.